The van der Waals surface area contributed by atoms with E-state index >= 15 is 0 Å². The van der Waals surface area contributed by atoms with Gasteiger partial charge in [0.2, 0.25) is 0 Å². The van der Waals surface area contributed by atoms with Crippen molar-refractivity contribution >= 4 is 17.5 Å². The molecule has 1 aromatic carbocycles. The van der Waals surface area contributed by atoms with E-state index in [1.807, 2.05) is 12.1 Å². The number of hydrogen-bond donors (Lipinski definition) is 1. The summed E-state index contributed by atoms with van der Waals surface area (Å²) < 4.78 is 0.754. The molecule has 3 nitrogen and oxygen atoms in total. The minimum Gasteiger partial charge on any atom is -0.316 e. The molecule has 0 atom stereocenters. The molecule has 2 saturated heterocycles. The summed E-state index contributed by atoms with van der Waals surface area (Å²) in [7, 11) is 0. The number of benzene rings is 1. The van der Waals surface area contributed by atoms with E-state index in [-0.39, 0.29) is 5.41 Å². The van der Waals surface area contributed by atoms with Gasteiger partial charge in [-0.1, -0.05) is 23.7 Å². The molecule has 4 rings (SSSR count). The predicted molar refractivity (Wildman–Crippen MR) is 97.1 cm³/mol. The lowest BCUT2D eigenvalue weighted by Gasteiger charge is -2.48. The van der Waals surface area contributed by atoms with Crippen LogP contribution in [-0.4, -0.2) is 42.6 Å². The van der Waals surface area contributed by atoms with Crippen molar-refractivity contribution in [2.75, 3.05) is 26.2 Å². The van der Waals surface area contributed by atoms with Gasteiger partial charge < -0.3 is 5.32 Å². The highest BCUT2D eigenvalue weighted by Gasteiger charge is 2.62. The molecule has 24 heavy (non-hydrogen) atoms. The summed E-state index contributed by atoms with van der Waals surface area (Å²) >= 11 is 6.06. The Morgan fingerprint density at radius 2 is 1.67 bits per heavy atom. The van der Waals surface area contributed by atoms with Crippen LogP contribution in [0.5, 0.6) is 0 Å². The highest BCUT2D eigenvalue weighted by atomic mass is 35.5. The van der Waals surface area contributed by atoms with Crippen LogP contribution in [-0.2, 0) is 10.2 Å². The van der Waals surface area contributed by atoms with E-state index in [1.54, 1.807) is 0 Å². The average molecular weight is 348 g/mol. The second kappa shape index (κ2) is 6.44. The Balaban J connectivity index is 1.67. The molecule has 1 N–H and O–H groups in total. The van der Waals surface area contributed by atoms with Crippen LogP contribution in [0.15, 0.2) is 24.3 Å². The van der Waals surface area contributed by atoms with Crippen molar-refractivity contribution in [2.24, 2.45) is 0 Å². The highest BCUT2D eigenvalue weighted by Crippen LogP contribution is 2.52. The van der Waals surface area contributed by atoms with Gasteiger partial charge in [0, 0.05) is 31.0 Å². The van der Waals surface area contributed by atoms with Crippen LogP contribution in [0.25, 0.3) is 0 Å². The van der Waals surface area contributed by atoms with Crippen LogP contribution in [0.2, 0.25) is 5.02 Å². The van der Waals surface area contributed by atoms with Crippen molar-refractivity contribution in [3.8, 4) is 0 Å². The molecule has 0 bridgehead atoms. The molecule has 0 aromatic heterocycles. The third kappa shape index (κ3) is 2.71. The van der Waals surface area contributed by atoms with Gasteiger partial charge in [-0.05, 0) is 49.8 Å². The monoisotopic (exact) mass is 347 g/mol. The molecule has 4 heteroatoms. The van der Waals surface area contributed by atoms with Crippen molar-refractivity contribution in [1.82, 2.24) is 5.32 Å². The van der Waals surface area contributed by atoms with Crippen LogP contribution in [0, 0.1) is 0 Å². The Morgan fingerprint density at radius 1 is 1.04 bits per heavy atom. The second-order valence-electron chi connectivity index (χ2n) is 7.92. The normalized spacial score (nSPS) is 26.0. The number of likely N-dealkylation sites (tertiary alicyclic amines) is 1. The van der Waals surface area contributed by atoms with E-state index in [2.05, 4.69) is 17.4 Å². The van der Waals surface area contributed by atoms with Gasteiger partial charge in [0.05, 0.1) is 19.1 Å². The number of nitrogens with one attached hydrogen (secondary N) is 1. The summed E-state index contributed by atoms with van der Waals surface area (Å²) in [5.74, 6) is 0.511. The lowest BCUT2D eigenvalue weighted by molar-refractivity contribution is -0.886. The third-order valence-electron chi connectivity index (χ3n) is 6.58. The Hall–Kier alpha value is -0.900. The zero-order chi connectivity index (χ0) is 16.6. The van der Waals surface area contributed by atoms with Gasteiger partial charge in [0.25, 0.3) is 0 Å². The predicted octanol–water partition coefficient (Wildman–Crippen LogP) is 3.65. The molecule has 1 saturated carbocycles. The van der Waals surface area contributed by atoms with Crippen molar-refractivity contribution in [3.05, 3.63) is 34.9 Å². The van der Waals surface area contributed by atoms with Crippen molar-refractivity contribution < 1.29 is 9.28 Å². The van der Waals surface area contributed by atoms with Crippen LogP contribution >= 0.6 is 11.6 Å². The van der Waals surface area contributed by atoms with Crippen LogP contribution < -0.4 is 5.32 Å². The van der Waals surface area contributed by atoms with Gasteiger partial charge >= 0.3 is 5.91 Å². The van der Waals surface area contributed by atoms with E-state index in [1.165, 1.54) is 24.8 Å². The quantitative estimate of drug-likeness (QED) is 0.845. The molecule has 1 amide bonds. The summed E-state index contributed by atoms with van der Waals surface area (Å²) in [6, 6.07) is 8.56. The Labute approximate surface area is 150 Å². The average Bonchev–Trinajstić information content (AvgIpc) is 3.45. The first-order valence-electron chi connectivity index (χ1n) is 9.56. The van der Waals surface area contributed by atoms with Crippen LogP contribution in [0.3, 0.4) is 0 Å². The molecule has 3 aliphatic rings. The van der Waals surface area contributed by atoms with E-state index in [0.29, 0.717) is 11.9 Å². The van der Waals surface area contributed by atoms with Crippen molar-refractivity contribution in [2.45, 2.75) is 56.4 Å². The number of quaternary nitrogens is 1. The molecule has 0 unspecified atom stereocenters. The first-order valence-corrected chi connectivity index (χ1v) is 9.94. The van der Waals surface area contributed by atoms with Gasteiger partial charge in [-0.15, -0.1) is 0 Å². The second-order valence-corrected chi connectivity index (χ2v) is 8.35. The molecule has 0 spiro atoms. The number of rotatable bonds is 3. The number of hydrogen-bond acceptors (Lipinski definition) is 2. The Kier molecular flexibility index (Phi) is 4.44. The molecular weight excluding hydrogens is 320 g/mol. The van der Waals surface area contributed by atoms with Gasteiger partial charge in [0.1, 0.15) is 5.41 Å². The molecule has 3 fully saturated rings. The first-order chi connectivity index (χ1) is 11.7. The number of piperidine rings is 2. The van der Waals surface area contributed by atoms with Crippen molar-refractivity contribution in [3.63, 3.8) is 0 Å². The summed E-state index contributed by atoms with van der Waals surface area (Å²) in [5, 5.41) is 4.22. The van der Waals surface area contributed by atoms with E-state index in [0.717, 1.165) is 61.4 Å². The standard InChI is InChI=1S/C20H28ClN2O/c21-17-6-4-16(5-7-17)20(10-11-20)19(24)23(14-2-1-3-15-23)18-8-12-22-13-9-18/h4-7,18,22H,1-3,8-15H2/q+1. The summed E-state index contributed by atoms with van der Waals surface area (Å²) in [6.45, 7) is 4.23. The first kappa shape index (κ1) is 16.6. The summed E-state index contributed by atoms with van der Waals surface area (Å²) in [5.41, 5.74) is 0.959. The molecular formula is C20H28ClN2O+. The SMILES string of the molecule is O=C(C1(c2ccc(Cl)cc2)CC1)[N+]1(C2CCNCC2)CCCCC1. The van der Waals surface area contributed by atoms with Gasteiger partial charge in [0.15, 0.2) is 0 Å². The van der Waals surface area contributed by atoms with Gasteiger partial charge in [-0.3, -0.25) is 4.48 Å². The molecule has 1 aromatic rings. The molecule has 2 aliphatic heterocycles. The van der Waals surface area contributed by atoms with Gasteiger partial charge in [-0.25, -0.2) is 4.79 Å². The molecule has 0 radical (unpaired) electrons. The Bertz CT molecular complexity index is 597. The van der Waals surface area contributed by atoms with Gasteiger partial charge in [-0.2, -0.15) is 0 Å². The topological polar surface area (TPSA) is 29.1 Å². The third-order valence-corrected chi connectivity index (χ3v) is 6.83. The zero-order valence-electron chi connectivity index (χ0n) is 14.4. The highest BCUT2D eigenvalue weighted by molar-refractivity contribution is 6.30. The minimum absolute atomic E-state index is 0.229. The fourth-order valence-electron chi connectivity index (χ4n) is 5.06. The number of carbonyl (C=O) groups is 1. The van der Waals surface area contributed by atoms with E-state index < -0.39 is 0 Å². The maximum absolute atomic E-state index is 13.9. The van der Waals surface area contributed by atoms with E-state index in [4.69, 9.17) is 11.6 Å². The molecule has 130 valence electrons. The number of amides is 1. The fraction of sp³-hybridized carbons (Fsp3) is 0.650. The lowest BCUT2D eigenvalue weighted by Crippen LogP contribution is -2.66. The zero-order valence-corrected chi connectivity index (χ0v) is 15.2. The molecule has 2 heterocycles. The minimum atomic E-state index is -0.229. The maximum atomic E-state index is 13.9. The van der Waals surface area contributed by atoms with Crippen LogP contribution in [0.4, 0.5) is 0 Å². The number of halogens is 1. The maximum Gasteiger partial charge on any atom is 0.324 e. The van der Waals surface area contributed by atoms with E-state index in [9.17, 15) is 4.79 Å². The number of carbonyl (C=O) groups excluding carboxylic acids is 1. The number of nitrogens with zero attached hydrogens (tertiary/aromatic N) is 1. The smallest absolute Gasteiger partial charge is 0.316 e. The molecule has 1 aliphatic carbocycles. The summed E-state index contributed by atoms with van der Waals surface area (Å²) in [4.78, 5) is 13.9. The fourth-order valence-corrected chi connectivity index (χ4v) is 5.18. The van der Waals surface area contributed by atoms with Crippen LogP contribution in [0.1, 0.15) is 50.5 Å². The largest absolute Gasteiger partial charge is 0.324 e. The lowest BCUT2D eigenvalue weighted by atomic mass is 9.88. The van der Waals surface area contributed by atoms with Crippen molar-refractivity contribution in [1.29, 1.82) is 0 Å². The Morgan fingerprint density at radius 3 is 2.25 bits per heavy atom. The summed E-state index contributed by atoms with van der Waals surface area (Å²) in [6.07, 6.45) is 7.99.